The molecule has 22 heavy (non-hydrogen) atoms. The van der Waals surface area contributed by atoms with Crippen molar-refractivity contribution in [2.24, 2.45) is 5.73 Å². The molecule has 0 bridgehead atoms. The van der Waals surface area contributed by atoms with Crippen molar-refractivity contribution < 1.29 is 0 Å². The number of nitrogens with two attached hydrogens (primary N) is 1. The second-order valence-electron chi connectivity index (χ2n) is 6.29. The summed E-state index contributed by atoms with van der Waals surface area (Å²) in [6.07, 6.45) is 7.42. The maximum atomic E-state index is 6.06. The Labute approximate surface area is 130 Å². The molecular weight excluding hydrogens is 274 g/mol. The normalized spacial score (nSPS) is 21.0. The van der Waals surface area contributed by atoms with Crippen LogP contribution in [0, 0.1) is 0 Å². The van der Waals surface area contributed by atoms with Gasteiger partial charge in [-0.1, -0.05) is 12.1 Å². The van der Waals surface area contributed by atoms with Crippen LogP contribution in [0.3, 0.4) is 0 Å². The largest absolute Gasteiger partial charge is 0.339 e. The lowest BCUT2D eigenvalue weighted by molar-refractivity contribution is 0.499. The lowest BCUT2D eigenvalue weighted by atomic mass is 10.1. The minimum absolute atomic E-state index is 0.217. The first-order valence-corrected chi connectivity index (χ1v) is 8.11. The minimum atomic E-state index is 0.217. The van der Waals surface area contributed by atoms with Crippen LogP contribution in [-0.2, 0) is 12.8 Å². The lowest BCUT2D eigenvalue weighted by Gasteiger charge is -2.30. The molecule has 0 spiro atoms. The molecule has 1 saturated heterocycles. The zero-order valence-corrected chi connectivity index (χ0v) is 12.7. The fraction of sp³-hybridized carbons (Fsp3) is 0.471. The molecule has 1 unspecified atom stereocenters. The van der Waals surface area contributed by atoms with Crippen LogP contribution in [0.4, 0.5) is 5.95 Å². The molecule has 1 aromatic carbocycles. The summed E-state index contributed by atoms with van der Waals surface area (Å²) < 4.78 is 0. The fourth-order valence-electron chi connectivity index (χ4n) is 3.48. The van der Waals surface area contributed by atoms with Crippen LogP contribution in [0.2, 0.25) is 0 Å². The molecular formula is C17H21N5. The summed E-state index contributed by atoms with van der Waals surface area (Å²) in [6, 6.07) is 6.81. The predicted octanol–water partition coefficient (Wildman–Crippen LogP) is 1.95. The smallest absolute Gasteiger partial charge is 0.228 e. The van der Waals surface area contributed by atoms with Crippen LogP contribution in [0.15, 0.2) is 24.5 Å². The second-order valence-corrected chi connectivity index (χ2v) is 6.29. The molecule has 2 aromatic rings. The molecule has 1 aliphatic heterocycles. The number of anilines is 1. The number of nitrogens with zero attached hydrogens (tertiary/aromatic N) is 4. The van der Waals surface area contributed by atoms with Crippen LogP contribution in [0.25, 0.3) is 11.4 Å². The van der Waals surface area contributed by atoms with E-state index in [9.17, 15) is 0 Å². The third-order valence-corrected chi connectivity index (χ3v) is 4.66. The zero-order chi connectivity index (χ0) is 14.9. The first-order valence-electron chi connectivity index (χ1n) is 8.11. The highest BCUT2D eigenvalue weighted by atomic mass is 15.3. The molecule has 5 heteroatoms. The van der Waals surface area contributed by atoms with Gasteiger partial charge in [-0.15, -0.1) is 0 Å². The van der Waals surface area contributed by atoms with Gasteiger partial charge >= 0.3 is 0 Å². The van der Waals surface area contributed by atoms with Crippen molar-refractivity contribution >= 4 is 5.95 Å². The van der Waals surface area contributed by atoms with Crippen LogP contribution in [-0.4, -0.2) is 34.1 Å². The maximum absolute atomic E-state index is 6.06. The van der Waals surface area contributed by atoms with Crippen LogP contribution >= 0.6 is 0 Å². The van der Waals surface area contributed by atoms with Crippen molar-refractivity contribution in [3.63, 3.8) is 0 Å². The minimum Gasteiger partial charge on any atom is -0.339 e. The maximum Gasteiger partial charge on any atom is 0.228 e. The van der Waals surface area contributed by atoms with Crippen molar-refractivity contribution in [3.05, 3.63) is 35.7 Å². The molecule has 114 valence electrons. The summed E-state index contributed by atoms with van der Waals surface area (Å²) in [5.74, 6) is 1.51. The van der Waals surface area contributed by atoms with Gasteiger partial charge in [0.2, 0.25) is 5.95 Å². The summed E-state index contributed by atoms with van der Waals surface area (Å²) in [4.78, 5) is 15.6. The lowest BCUT2D eigenvalue weighted by Crippen LogP contribution is -2.43. The molecule has 2 N–H and O–H groups in total. The number of rotatable bonds is 2. The Morgan fingerprint density at radius 2 is 2.00 bits per heavy atom. The first kappa shape index (κ1) is 13.6. The SMILES string of the molecule is NC1CCCN(c2ncnc(-c3ccc4c(c3)CCC4)n2)C1. The van der Waals surface area contributed by atoms with Gasteiger partial charge in [0.15, 0.2) is 5.82 Å². The van der Waals surface area contributed by atoms with Crippen molar-refractivity contribution in [2.75, 3.05) is 18.0 Å². The van der Waals surface area contributed by atoms with Crippen LogP contribution < -0.4 is 10.6 Å². The molecule has 2 aliphatic rings. The van der Waals surface area contributed by atoms with E-state index in [2.05, 4.69) is 38.1 Å². The summed E-state index contributed by atoms with van der Waals surface area (Å²) >= 11 is 0. The van der Waals surface area contributed by atoms with E-state index in [0.29, 0.717) is 0 Å². The van der Waals surface area contributed by atoms with Gasteiger partial charge in [0, 0.05) is 24.7 Å². The standard InChI is InChI=1S/C17H21N5/c18-15-5-2-8-22(10-15)17-20-11-19-16(21-17)14-7-6-12-3-1-4-13(12)9-14/h6-7,9,11,15H,1-5,8,10,18H2. The molecule has 1 aromatic heterocycles. The highest BCUT2D eigenvalue weighted by molar-refractivity contribution is 5.59. The molecule has 5 nitrogen and oxygen atoms in total. The van der Waals surface area contributed by atoms with E-state index in [1.807, 2.05) is 0 Å². The number of aryl methyl sites for hydroxylation is 2. The van der Waals surface area contributed by atoms with Crippen molar-refractivity contribution in [1.82, 2.24) is 15.0 Å². The summed E-state index contributed by atoms with van der Waals surface area (Å²) in [5, 5.41) is 0. The van der Waals surface area contributed by atoms with E-state index in [-0.39, 0.29) is 6.04 Å². The molecule has 2 heterocycles. The number of hydrogen-bond donors (Lipinski definition) is 1. The van der Waals surface area contributed by atoms with Gasteiger partial charge in [-0.3, -0.25) is 0 Å². The Balaban J connectivity index is 1.64. The van der Waals surface area contributed by atoms with Crippen LogP contribution in [0.1, 0.15) is 30.4 Å². The fourth-order valence-corrected chi connectivity index (χ4v) is 3.48. The van der Waals surface area contributed by atoms with Gasteiger partial charge in [0.1, 0.15) is 6.33 Å². The number of piperidine rings is 1. The number of hydrogen-bond acceptors (Lipinski definition) is 5. The van der Waals surface area contributed by atoms with E-state index < -0.39 is 0 Å². The Hall–Kier alpha value is -2.01. The van der Waals surface area contributed by atoms with Crippen molar-refractivity contribution in [1.29, 1.82) is 0 Å². The van der Waals surface area contributed by atoms with Crippen molar-refractivity contribution in [2.45, 2.75) is 38.1 Å². The first-order chi connectivity index (χ1) is 10.8. The molecule has 4 rings (SSSR count). The Morgan fingerprint density at radius 1 is 1.09 bits per heavy atom. The number of benzene rings is 1. The van der Waals surface area contributed by atoms with E-state index in [0.717, 1.165) is 43.3 Å². The van der Waals surface area contributed by atoms with Gasteiger partial charge in [-0.05, 0) is 49.3 Å². The van der Waals surface area contributed by atoms with Gasteiger partial charge < -0.3 is 10.6 Å². The van der Waals surface area contributed by atoms with E-state index in [1.54, 1.807) is 6.33 Å². The van der Waals surface area contributed by atoms with E-state index in [4.69, 9.17) is 5.73 Å². The molecule has 1 fully saturated rings. The Kier molecular flexibility index (Phi) is 3.50. The third kappa shape index (κ3) is 2.57. The number of fused-ring (bicyclic) bond motifs is 1. The highest BCUT2D eigenvalue weighted by Gasteiger charge is 2.20. The molecule has 1 aliphatic carbocycles. The molecule has 0 amide bonds. The Morgan fingerprint density at radius 3 is 2.91 bits per heavy atom. The zero-order valence-electron chi connectivity index (χ0n) is 12.7. The van der Waals surface area contributed by atoms with Crippen LogP contribution in [0.5, 0.6) is 0 Å². The van der Waals surface area contributed by atoms with Gasteiger partial charge in [-0.2, -0.15) is 4.98 Å². The topological polar surface area (TPSA) is 67.9 Å². The van der Waals surface area contributed by atoms with Gasteiger partial charge in [0.25, 0.3) is 0 Å². The monoisotopic (exact) mass is 295 g/mol. The molecule has 1 atom stereocenters. The second kappa shape index (κ2) is 5.65. The summed E-state index contributed by atoms with van der Waals surface area (Å²) in [5.41, 5.74) is 10.1. The quantitative estimate of drug-likeness (QED) is 0.917. The van der Waals surface area contributed by atoms with Crippen molar-refractivity contribution in [3.8, 4) is 11.4 Å². The Bertz CT molecular complexity index is 684. The summed E-state index contributed by atoms with van der Waals surface area (Å²) in [6.45, 7) is 1.80. The molecule has 0 radical (unpaired) electrons. The van der Waals surface area contributed by atoms with E-state index >= 15 is 0 Å². The van der Waals surface area contributed by atoms with Gasteiger partial charge in [-0.25, -0.2) is 9.97 Å². The third-order valence-electron chi connectivity index (χ3n) is 4.66. The van der Waals surface area contributed by atoms with E-state index in [1.165, 1.54) is 30.4 Å². The number of aromatic nitrogens is 3. The van der Waals surface area contributed by atoms with Gasteiger partial charge in [0.05, 0.1) is 0 Å². The average Bonchev–Trinajstić information content (AvgIpc) is 3.02. The average molecular weight is 295 g/mol. The highest BCUT2D eigenvalue weighted by Crippen LogP contribution is 2.27. The molecule has 0 saturated carbocycles. The summed E-state index contributed by atoms with van der Waals surface area (Å²) in [7, 11) is 0. The predicted molar refractivity (Wildman–Crippen MR) is 86.7 cm³/mol.